The highest BCUT2D eigenvalue weighted by Crippen LogP contribution is 2.41. The molecule has 1 saturated heterocycles. The minimum atomic E-state index is -0.159. The summed E-state index contributed by atoms with van der Waals surface area (Å²) in [7, 11) is 0. The van der Waals surface area contributed by atoms with Gasteiger partial charge in [-0.3, -0.25) is 9.36 Å². The summed E-state index contributed by atoms with van der Waals surface area (Å²) >= 11 is 1.43. The first-order chi connectivity index (χ1) is 17.8. The van der Waals surface area contributed by atoms with Crippen LogP contribution in [0, 0.1) is 0 Å². The van der Waals surface area contributed by atoms with Crippen molar-refractivity contribution in [2.24, 2.45) is 4.99 Å². The van der Waals surface area contributed by atoms with E-state index in [-0.39, 0.29) is 11.6 Å². The Morgan fingerprint density at radius 3 is 2.61 bits per heavy atom. The van der Waals surface area contributed by atoms with Crippen molar-refractivity contribution >= 4 is 29.0 Å². The summed E-state index contributed by atoms with van der Waals surface area (Å²) in [6, 6.07) is 22.6. The Morgan fingerprint density at radius 1 is 0.944 bits per heavy atom. The summed E-state index contributed by atoms with van der Waals surface area (Å²) in [4.78, 5) is 21.8. The standard InChI is InChI=1S/C29H25N3O3S/c33-28-24(18-21-11-13-25(35-21)31-14-16-34-17-15-31)36-29-30-26-22-9-5-4-6-19(22)10-12-23(26)27(32(28)29)20-7-2-1-3-8-20/h1-9,11,13,18,27H,10,12,14-17H2/t27-/m1/s1. The maximum Gasteiger partial charge on any atom is 0.271 e. The van der Waals surface area contributed by atoms with Crippen LogP contribution in [0.2, 0.25) is 0 Å². The number of morpholine rings is 1. The van der Waals surface area contributed by atoms with Gasteiger partial charge in [0.15, 0.2) is 10.7 Å². The third kappa shape index (κ3) is 3.58. The molecule has 3 aliphatic rings. The largest absolute Gasteiger partial charge is 0.441 e. The molecule has 180 valence electrons. The number of aryl methyl sites for hydroxylation is 1. The lowest BCUT2D eigenvalue weighted by Gasteiger charge is -2.30. The summed E-state index contributed by atoms with van der Waals surface area (Å²) in [6.45, 7) is 3.00. The average molecular weight is 496 g/mol. The molecule has 0 saturated carbocycles. The summed E-state index contributed by atoms with van der Waals surface area (Å²) in [5.74, 6) is 1.48. The van der Waals surface area contributed by atoms with Crippen LogP contribution >= 0.6 is 11.3 Å². The number of ether oxygens (including phenoxy) is 1. The normalized spacial score (nSPS) is 19.5. The van der Waals surface area contributed by atoms with Crippen LogP contribution in [0.4, 0.5) is 5.88 Å². The molecule has 2 aromatic carbocycles. The molecule has 0 amide bonds. The summed E-state index contributed by atoms with van der Waals surface area (Å²) in [5, 5.41) is 0. The van der Waals surface area contributed by atoms with Gasteiger partial charge >= 0.3 is 0 Å². The molecule has 0 unspecified atom stereocenters. The van der Waals surface area contributed by atoms with Crippen LogP contribution in [-0.2, 0) is 11.2 Å². The molecule has 4 heterocycles. The smallest absolute Gasteiger partial charge is 0.271 e. The van der Waals surface area contributed by atoms with Gasteiger partial charge in [0.25, 0.3) is 5.56 Å². The monoisotopic (exact) mass is 495 g/mol. The Bertz CT molecular complexity index is 1660. The van der Waals surface area contributed by atoms with Gasteiger partial charge < -0.3 is 14.1 Å². The van der Waals surface area contributed by atoms with Gasteiger partial charge in [-0.1, -0.05) is 65.9 Å². The molecule has 0 radical (unpaired) electrons. The lowest BCUT2D eigenvalue weighted by atomic mass is 9.83. The van der Waals surface area contributed by atoms with E-state index in [1.54, 1.807) is 0 Å². The lowest BCUT2D eigenvalue weighted by Crippen LogP contribution is -2.38. The third-order valence-corrected chi connectivity index (χ3v) is 8.18. The van der Waals surface area contributed by atoms with E-state index < -0.39 is 0 Å². The van der Waals surface area contributed by atoms with Gasteiger partial charge in [0, 0.05) is 30.8 Å². The number of thiazole rings is 1. The molecule has 0 spiro atoms. The van der Waals surface area contributed by atoms with Gasteiger partial charge in [-0.2, -0.15) is 0 Å². The number of rotatable bonds is 3. The Balaban J connectivity index is 1.38. The lowest BCUT2D eigenvalue weighted by molar-refractivity contribution is 0.120. The van der Waals surface area contributed by atoms with Gasteiger partial charge in [-0.15, -0.1) is 0 Å². The van der Waals surface area contributed by atoms with Crippen LogP contribution in [0.1, 0.15) is 34.9 Å². The topological polar surface area (TPSA) is 60.0 Å². The Kier molecular flexibility index (Phi) is 5.26. The zero-order chi connectivity index (χ0) is 24.1. The van der Waals surface area contributed by atoms with Crippen LogP contribution < -0.4 is 19.8 Å². The average Bonchev–Trinajstić information content (AvgIpc) is 3.53. The van der Waals surface area contributed by atoms with Crippen molar-refractivity contribution < 1.29 is 9.15 Å². The van der Waals surface area contributed by atoms with Gasteiger partial charge in [0.1, 0.15) is 5.76 Å². The van der Waals surface area contributed by atoms with Crippen LogP contribution in [0.25, 0.3) is 11.8 Å². The Labute approximate surface area is 212 Å². The molecule has 36 heavy (non-hydrogen) atoms. The number of aromatic nitrogens is 1. The molecule has 4 aromatic rings. The zero-order valence-electron chi connectivity index (χ0n) is 19.7. The first-order valence-corrected chi connectivity index (χ1v) is 13.2. The number of fused-ring (bicyclic) bond motifs is 3. The summed E-state index contributed by atoms with van der Waals surface area (Å²) in [6.07, 6.45) is 3.70. The van der Waals surface area contributed by atoms with E-state index in [1.165, 1.54) is 28.0 Å². The van der Waals surface area contributed by atoms with Gasteiger partial charge in [0.2, 0.25) is 0 Å². The van der Waals surface area contributed by atoms with E-state index >= 15 is 0 Å². The van der Waals surface area contributed by atoms with E-state index in [0.29, 0.717) is 23.5 Å². The molecule has 2 aliphatic heterocycles. The second-order valence-electron chi connectivity index (χ2n) is 9.30. The number of nitrogens with zero attached hydrogens (tertiary/aromatic N) is 3. The third-order valence-electron chi connectivity index (χ3n) is 7.20. The molecular weight excluding hydrogens is 470 g/mol. The van der Waals surface area contributed by atoms with E-state index in [1.807, 2.05) is 41.0 Å². The maximum atomic E-state index is 13.8. The summed E-state index contributed by atoms with van der Waals surface area (Å²) < 4.78 is 14.1. The number of anilines is 1. The van der Waals surface area contributed by atoms with Crippen molar-refractivity contribution in [2.75, 3.05) is 31.2 Å². The Morgan fingerprint density at radius 2 is 1.75 bits per heavy atom. The molecule has 1 aliphatic carbocycles. The molecule has 0 N–H and O–H groups in total. The van der Waals surface area contributed by atoms with Crippen LogP contribution in [0.5, 0.6) is 0 Å². The fraction of sp³-hybridized carbons (Fsp3) is 0.241. The van der Waals surface area contributed by atoms with Crippen molar-refractivity contribution in [2.45, 2.75) is 18.9 Å². The van der Waals surface area contributed by atoms with Crippen molar-refractivity contribution in [3.8, 4) is 0 Å². The molecule has 7 heteroatoms. The van der Waals surface area contributed by atoms with E-state index in [0.717, 1.165) is 47.9 Å². The van der Waals surface area contributed by atoms with Gasteiger partial charge in [-0.05, 0) is 35.6 Å². The van der Waals surface area contributed by atoms with E-state index in [2.05, 4.69) is 41.3 Å². The zero-order valence-corrected chi connectivity index (χ0v) is 20.5. The van der Waals surface area contributed by atoms with E-state index in [4.69, 9.17) is 14.1 Å². The van der Waals surface area contributed by atoms with Gasteiger partial charge in [0.05, 0.1) is 29.5 Å². The number of hydrogen-bond acceptors (Lipinski definition) is 6. The SMILES string of the molecule is O=c1c(=Cc2ccc(N3CCOCC3)o2)sc2n1[C@H](c1ccccc1)C1=C(N=2)c2ccccc2CC1. The Hall–Kier alpha value is -3.68. The highest BCUT2D eigenvalue weighted by atomic mass is 32.1. The van der Waals surface area contributed by atoms with Crippen molar-refractivity contribution in [1.82, 2.24) is 4.57 Å². The minimum absolute atomic E-state index is 0.0256. The molecule has 7 rings (SSSR count). The molecule has 1 atom stereocenters. The first kappa shape index (κ1) is 21.6. The van der Waals surface area contributed by atoms with Crippen molar-refractivity contribution in [3.63, 3.8) is 0 Å². The number of benzene rings is 2. The number of allylic oxidation sites excluding steroid dienone is 1. The molecular formula is C29H25N3O3S. The molecule has 1 fully saturated rings. The van der Waals surface area contributed by atoms with Crippen LogP contribution in [0.15, 0.2) is 86.5 Å². The summed E-state index contributed by atoms with van der Waals surface area (Å²) in [5.41, 5.74) is 5.81. The molecule has 0 bridgehead atoms. The second-order valence-corrected chi connectivity index (χ2v) is 10.3. The second kappa shape index (κ2) is 8.76. The van der Waals surface area contributed by atoms with Crippen molar-refractivity contribution in [3.05, 3.63) is 114 Å². The molecule has 6 nitrogen and oxygen atoms in total. The first-order valence-electron chi connectivity index (χ1n) is 12.4. The van der Waals surface area contributed by atoms with Crippen molar-refractivity contribution in [1.29, 1.82) is 0 Å². The fourth-order valence-electron chi connectivity index (χ4n) is 5.46. The highest BCUT2D eigenvalue weighted by Gasteiger charge is 2.32. The number of hydrogen-bond donors (Lipinski definition) is 0. The fourth-order valence-corrected chi connectivity index (χ4v) is 6.44. The number of furan rings is 1. The quantitative estimate of drug-likeness (QED) is 0.435. The molecule has 2 aromatic heterocycles. The van der Waals surface area contributed by atoms with Crippen LogP contribution in [-0.4, -0.2) is 30.9 Å². The maximum absolute atomic E-state index is 13.8. The minimum Gasteiger partial charge on any atom is -0.441 e. The predicted molar refractivity (Wildman–Crippen MR) is 141 cm³/mol. The highest BCUT2D eigenvalue weighted by molar-refractivity contribution is 7.07. The van der Waals surface area contributed by atoms with Gasteiger partial charge in [-0.25, -0.2) is 4.99 Å². The predicted octanol–water partition coefficient (Wildman–Crippen LogP) is 3.75. The van der Waals surface area contributed by atoms with E-state index in [9.17, 15) is 4.79 Å². The van der Waals surface area contributed by atoms with Crippen LogP contribution in [0.3, 0.4) is 0 Å².